The molecule has 1 saturated heterocycles. The van der Waals surface area contributed by atoms with Gasteiger partial charge in [0.25, 0.3) is 0 Å². The number of aliphatic hydroxyl groups is 1. The highest BCUT2D eigenvalue weighted by Gasteiger charge is 2.25. The Kier molecular flexibility index (Phi) is 5.38. The molecule has 2 aromatic rings. The van der Waals surface area contributed by atoms with Gasteiger partial charge in [-0.15, -0.1) is 0 Å². The number of aromatic nitrogens is 3. The first kappa shape index (κ1) is 16.1. The van der Waals surface area contributed by atoms with E-state index in [0.29, 0.717) is 12.6 Å². The van der Waals surface area contributed by atoms with Crippen molar-refractivity contribution in [1.29, 1.82) is 0 Å². The smallest absolute Gasteiger partial charge is 0.137 e. The minimum Gasteiger partial charge on any atom is -0.387 e. The molecule has 1 aromatic heterocycles. The second-order valence-electron chi connectivity index (χ2n) is 6.23. The van der Waals surface area contributed by atoms with E-state index in [4.69, 9.17) is 0 Å². The number of aliphatic hydroxyl groups excluding tert-OH is 1. The van der Waals surface area contributed by atoms with Gasteiger partial charge in [0.05, 0.1) is 12.6 Å². The third kappa shape index (κ3) is 4.37. The number of benzene rings is 1. The maximum atomic E-state index is 10.4. The van der Waals surface area contributed by atoms with Gasteiger partial charge in [-0.2, -0.15) is 5.10 Å². The molecule has 6 heteroatoms. The molecule has 0 aliphatic carbocycles. The van der Waals surface area contributed by atoms with E-state index in [1.54, 1.807) is 12.7 Å². The lowest BCUT2D eigenvalue weighted by molar-refractivity contribution is 0.0375. The van der Waals surface area contributed by atoms with Gasteiger partial charge in [-0.3, -0.25) is 14.5 Å². The summed E-state index contributed by atoms with van der Waals surface area (Å²) < 4.78 is 1.87. The molecule has 1 fully saturated rings. The molecule has 1 aliphatic rings. The summed E-state index contributed by atoms with van der Waals surface area (Å²) in [5.41, 5.74) is 0.994. The molecular weight excluding hydrogens is 290 g/mol. The molecule has 0 amide bonds. The first-order valence-electron chi connectivity index (χ1n) is 8.24. The molecule has 0 radical (unpaired) electrons. The molecule has 0 unspecified atom stereocenters. The number of β-amino-alcohol motifs (C(OH)–C–C–N with tert-alkyl or cyclic N) is 1. The van der Waals surface area contributed by atoms with Crippen LogP contribution in [0.25, 0.3) is 0 Å². The first-order chi connectivity index (χ1) is 11.2. The average molecular weight is 315 g/mol. The average Bonchev–Trinajstić information content (AvgIpc) is 3.09. The fourth-order valence-corrected chi connectivity index (χ4v) is 3.14. The van der Waals surface area contributed by atoms with Gasteiger partial charge in [0.2, 0.25) is 0 Å². The highest BCUT2D eigenvalue weighted by molar-refractivity contribution is 5.17. The molecule has 124 valence electrons. The quantitative estimate of drug-likeness (QED) is 0.862. The minimum atomic E-state index is -0.416. The van der Waals surface area contributed by atoms with Crippen molar-refractivity contribution in [3.8, 4) is 0 Å². The van der Waals surface area contributed by atoms with Gasteiger partial charge in [-0.05, 0) is 12.5 Å². The number of hydrogen-bond acceptors (Lipinski definition) is 5. The fraction of sp³-hybridized carbons (Fsp3) is 0.529. The largest absolute Gasteiger partial charge is 0.387 e. The van der Waals surface area contributed by atoms with Crippen molar-refractivity contribution in [2.24, 2.45) is 0 Å². The van der Waals surface area contributed by atoms with Crippen LogP contribution in [0.5, 0.6) is 0 Å². The van der Waals surface area contributed by atoms with Crippen molar-refractivity contribution in [2.75, 3.05) is 32.7 Å². The Balaban J connectivity index is 1.46. The van der Waals surface area contributed by atoms with Gasteiger partial charge in [-0.1, -0.05) is 30.3 Å². The summed E-state index contributed by atoms with van der Waals surface area (Å²) in [4.78, 5) is 8.81. The van der Waals surface area contributed by atoms with Crippen LogP contribution in [0, 0.1) is 0 Å². The van der Waals surface area contributed by atoms with Gasteiger partial charge in [0.15, 0.2) is 0 Å². The van der Waals surface area contributed by atoms with Crippen molar-refractivity contribution < 1.29 is 5.11 Å². The SMILES string of the molecule is C[C@@H]1CN(CCn2cncn2)CCN1C[C@@H](O)c1ccccc1. The van der Waals surface area contributed by atoms with Crippen LogP contribution in [0.2, 0.25) is 0 Å². The number of rotatable bonds is 6. The third-order valence-corrected chi connectivity index (χ3v) is 4.55. The Bertz CT molecular complexity index is 574. The lowest BCUT2D eigenvalue weighted by Crippen LogP contribution is -2.53. The second-order valence-corrected chi connectivity index (χ2v) is 6.23. The van der Waals surface area contributed by atoms with Crippen LogP contribution in [0.1, 0.15) is 18.6 Å². The first-order valence-corrected chi connectivity index (χ1v) is 8.24. The lowest BCUT2D eigenvalue weighted by atomic mass is 10.1. The monoisotopic (exact) mass is 315 g/mol. The van der Waals surface area contributed by atoms with Gasteiger partial charge >= 0.3 is 0 Å². The Morgan fingerprint density at radius 1 is 1.22 bits per heavy atom. The van der Waals surface area contributed by atoms with Crippen molar-refractivity contribution in [3.05, 3.63) is 48.5 Å². The molecule has 23 heavy (non-hydrogen) atoms. The summed E-state index contributed by atoms with van der Waals surface area (Å²) in [7, 11) is 0. The molecule has 1 aliphatic heterocycles. The van der Waals surface area contributed by atoms with Gasteiger partial charge in [-0.25, -0.2) is 4.98 Å². The Morgan fingerprint density at radius 3 is 2.74 bits per heavy atom. The number of piperazine rings is 1. The summed E-state index contributed by atoms with van der Waals surface area (Å²) in [6, 6.07) is 10.4. The zero-order chi connectivity index (χ0) is 16.1. The van der Waals surface area contributed by atoms with Crippen LogP contribution >= 0.6 is 0 Å². The predicted molar refractivity (Wildman–Crippen MR) is 88.9 cm³/mol. The van der Waals surface area contributed by atoms with E-state index < -0.39 is 6.10 Å². The fourth-order valence-electron chi connectivity index (χ4n) is 3.14. The summed E-state index contributed by atoms with van der Waals surface area (Å²) >= 11 is 0. The van der Waals surface area contributed by atoms with Crippen molar-refractivity contribution in [3.63, 3.8) is 0 Å². The van der Waals surface area contributed by atoms with Crippen LogP contribution in [-0.2, 0) is 6.54 Å². The highest BCUT2D eigenvalue weighted by atomic mass is 16.3. The number of nitrogens with zero attached hydrogens (tertiary/aromatic N) is 5. The van der Waals surface area contributed by atoms with Gasteiger partial charge in [0.1, 0.15) is 12.7 Å². The predicted octanol–water partition coefficient (Wildman–Crippen LogP) is 1.02. The summed E-state index contributed by atoms with van der Waals surface area (Å²) in [5.74, 6) is 0. The van der Waals surface area contributed by atoms with Crippen molar-refractivity contribution >= 4 is 0 Å². The van der Waals surface area contributed by atoms with Gasteiger partial charge < -0.3 is 5.11 Å². The maximum Gasteiger partial charge on any atom is 0.137 e. The van der Waals surface area contributed by atoms with Crippen molar-refractivity contribution in [1.82, 2.24) is 24.6 Å². The lowest BCUT2D eigenvalue weighted by Gasteiger charge is -2.40. The van der Waals surface area contributed by atoms with Crippen LogP contribution in [-0.4, -0.2) is 68.4 Å². The highest BCUT2D eigenvalue weighted by Crippen LogP contribution is 2.17. The molecule has 0 saturated carbocycles. The molecule has 6 nitrogen and oxygen atoms in total. The van der Waals surface area contributed by atoms with E-state index >= 15 is 0 Å². The van der Waals surface area contributed by atoms with Crippen LogP contribution in [0.3, 0.4) is 0 Å². The third-order valence-electron chi connectivity index (χ3n) is 4.55. The Morgan fingerprint density at radius 2 is 2.04 bits per heavy atom. The zero-order valence-corrected chi connectivity index (χ0v) is 13.6. The normalized spacial score (nSPS) is 21.4. The van der Waals surface area contributed by atoms with E-state index in [-0.39, 0.29) is 0 Å². The molecule has 0 bridgehead atoms. The standard InChI is InChI=1S/C17H25N5O/c1-15-11-20(8-10-22-14-18-13-19-22)7-9-21(15)12-17(23)16-5-3-2-4-6-16/h2-6,13-15,17,23H,7-12H2,1H3/t15-,17-/m1/s1. The Labute approximate surface area is 137 Å². The van der Waals surface area contributed by atoms with Crippen molar-refractivity contribution in [2.45, 2.75) is 25.6 Å². The molecule has 1 aromatic carbocycles. The van der Waals surface area contributed by atoms with Gasteiger partial charge in [0, 0.05) is 38.8 Å². The van der Waals surface area contributed by atoms with E-state index in [1.165, 1.54) is 0 Å². The maximum absolute atomic E-state index is 10.4. The minimum absolute atomic E-state index is 0.416. The molecular formula is C17H25N5O. The Hall–Kier alpha value is -1.76. The summed E-state index contributed by atoms with van der Waals surface area (Å²) in [6.07, 6.45) is 2.92. The summed E-state index contributed by atoms with van der Waals surface area (Å²) in [6.45, 7) is 7.84. The van der Waals surface area contributed by atoms with Crippen LogP contribution in [0.15, 0.2) is 43.0 Å². The van der Waals surface area contributed by atoms with Crippen LogP contribution in [0.4, 0.5) is 0 Å². The molecule has 0 spiro atoms. The van der Waals surface area contributed by atoms with Crippen LogP contribution < -0.4 is 0 Å². The van der Waals surface area contributed by atoms with E-state index in [2.05, 4.69) is 26.8 Å². The molecule has 2 atom stereocenters. The molecule has 3 rings (SSSR count). The topological polar surface area (TPSA) is 57.4 Å². The molecule has 1 N–H and O–H groups in total. The summed E-state index contributed by atoms with van der Waals surface area (Å²) in [5, 5.41) is 14.6. The number of hydrogen-bond donors (Lipinski definition) is 1. The van der Waals surface area contributed by atoms with E-state index in [9.17, 15) is 5.11 Å². The van der Waals surface area contributed by atoms with E-state index in [0.717, 1.165) is 38.3 Å². The second kappa shape index (κ2) is 7.68. The van der Waals surface area contributed by atoms with E-state index in [1.807, 2.05) is 35.0 Å². The molecule has 2 heterocycles. The zero-order valence-electron chi connectivity index (χ0n) is 13.6.